The summed E-state index contributed by atoms with van der Waals surface area (Å²) in [6.45, 7) is -0.0589. The SMILES string of the molecule is c1ccc(-n2c3ccccc3oc3c4oc5ccccc5n(-c5cc6c7c(c5)Oc5cccc8c5B7c5c(cccc5O6)O8)c4ccc32)cc1. The van der Waals surface area contributed by atoms with Gasteiger partial charge in [0.25, 0.3) is 6.71 Å². The number of fused-ring (bicyclic) bond motifs is 5. The molecule has 0 bridgehead atoms. The molecule has 3 aliphatic heterocycles. The third-order valence-corrected chi connectivity index (χ3v) is 10.1. The van der Waals surface area contributed by atoms with Crippen LogP contribution < -0.4 is 30.6 Å². The van der Waals surface area contributed by atoms with Crippen molar-refractivity contribution < 1.29 is 23.0 Å². The number of benzene rings is 7. The first-order valence-corrected chi connectivity index (χ1v) is 16.6. The van der Waals surface area contributed by atoms with Crippen LogP contribution in [0.2, 0.25) is 0 Å². The Bertz CT molecular complexity index is 2910. The molecule has 8 heteroatoms. The maximum absolute atomic E-state index is 6.77. The molecule has 0 N–H and O–H groups in total. The van der Waals surface area contributed by atoms with Gasteiger partial charge in [-0.25, -0.2) is 0 Å². The molecular weight excluding hydrogens is 623 g/mol. The van der Waals surface area contributed by atoms with Gasteiger partial charge in [-0.05, 0) is 72.8 Å². The first-order chi connectivity index (χ1) is 24.8. The van der Waals surface area contributed by atoms with Gasteiger partial charge >= 0.3 is 0 Å². The van der Waals surface area contributed by atoms with Crippen LogP contribution in [-0.2, 0) is 0 Å². The van der Waals surface area contributed by atoms with E-state index in [0.29, 0.717) is 16.7 Å². The van der Waals surface area contributed by atoms with Crippen molar-refractivity contribution in [2.24, 2.45) is 0 Å². The minimum absolute atomic E-state index is 0.0589. The van der Waals surface area contributed by atoms with Crippen LogP contribution in [0.4, 0.5) is 0 Å². The quantitative estimate of drug-likeness (QED) is 0.107. The van der Waals surface area contributed by atoms with Gasteiger partial charge < -0.3 is 32.2 Å². The minimum atomic E-state index is -0.0589. The Morgan fingerprint density at radius 1 is 0.360 bits per heavy atom. The standard InChI is InChI=1S/C42H23BN2O5/c1-2-10-24(11-3-1)44-26-12-4-6-14-30(26)49-41-28(44)20-21-29-42(41)50-31-15-7-5-13-27(31)45(29)25-22-36-40-37(23-25)48-35-19-9-17-33-39(35)43(40)38-32(46-33)16-8-18-34(38)47-36/h1-23H. The first-order valence-electron chi connectivity index (χ1n) is 16.6. The Kier molecular flexibility index (Phi) is 4.94. The van der Waals surface area contributed by atoms with Gasteiger partial charge in [-0.3, -0.25) is 0 Å². The van der Waals surface area contributed by atoms with Crippen molar-refractivity contribution in [3.8, 4) is 45.9 Å². The van der Waals surface area contributed by atoms with E-state index in [2.05, 4.69) is 57.7 Å². The Morgan fingerprint density at radius 2 is 0.800 bits per heavy atom. The zero-order valence-electron chi connectivity index (χ0n) is 26.3. The van der Waals surface area contributed by atoms with E-state index in [0.717, 1.165) is 89.9 Å². The highest BCUT2D eigenvalue weighted by atomic mass is 16.5. The Labute approximate surface area is 284 Å². The molecule has 0 atom stereocenters. The van der Waals surface area contributed by atoms with Crippen molar-refractivity contribution in [1.82, 2.24) is 9.13 Å². The maximum Gasteiger partial charge on any atom is 0.270 e. The number of hydrogen-bond donors (Lipinski definition) is 0. The molecule has 7 nitrogen and oxygen atoms in total. The summed E-state index contributed by atoms with van der Waals surface area (Å²) in [4.78, 5) is 0. The molecule has 50 heavy (non-hydrogen) atoms. The molecule has 0 amide bonds. The van der Waals surface area contributed by atoms with Crippen LogP contribution in [0.1, 0.15) is 0 Å². The first kappa shape index (κ1) is 26.2. The Balaban J connectivity index is 1.17. The number of ether oxygens (including phenoxy) is 3. The number of nitrogens with zero attached hydrogens (tertiary/aromatic N) is 2. The zero-order valence-corrected chi connectivity index (χ0v) is 26.3. The summed E-state index contributed by atoms with van der Waals surface area (Å²) in [5.74, 6) is 4.70. The highest BCUT2D eigenvalue weighted by molar-refractivity contribution is 6.99. The van der Waals surface area contributed by atoms with Crippen molar-refractivity contribution in [3.63, 3.8) is 0 Å². The predicted octanol–water partition coefficient (Wildman–Crippen LogP) is 9.02. The van der Waals surface area contributed by atoms with E-state index in [9.17, 15) is 0 Å². The molecular formula is C42H23BN2O5. The molecule has 7 aromatic carbocycles. The molecule has 5 heterocycles. The molecule has 0 unspecified atom stereocenters. The van der Waals surface area contributed by atoms with Gasteiger partial charge in [0.1, 0.15) is 34.5 Å². The summed E-state index contributed by atoms with van der Waals surface area (Å²) in [7, 11) is 0. The molecule has 234 valence electrons. The van der Waals surface area contributed by atoms with E-state index in [4.69, 9.17) is 23.0 Å². The van der Waals surface area contributed by atoms with Crippen LogP contribution in [-0.4, -0.2) is 15.8 Å². The third kappa shape index (κ3) is 3.39. The van der Waals surface area contributed by atoms with Crippen molar-refractivity contribution >= 4 is 67.5 Å². The molecule has 0 saturated heterocycles. The normalized spacial score (nSPS) is 13.2. The van der Waals surface area contributed by atoms with Crippen LogP contribution in [0.15, 0.2) is 148 Å². The number of para-hydroxylation sites is 5. The van der Waals surface area contributed by atoms with Crippen LogP contribution in [0, 0.1) is 0 Å². The van der Waals surface area contributed by atoms with Gasteiger partial charge in [-0.2, -0.15) is 0 Å². The van der Waals surface area contributed by atoms with Gasteiger partial charge in [-0.15, -0.1) is 0 Å². The van der Waals surface area contributed by atoms with Crippen LogP contribution in [0.5, 0.6) is 34.5 Å². The lowest BCUT2D eigenvalue weighted by molar-refractivity contribution is 0.442. The van der Waals surface area contributed by atoms with Gasteiger partial charge in [0.05, 0.1) is 27.8 Å². The average molecular weight is 646 g/mol. The molecule has 2 aromatic heterocycles. The van der Waals surface area contributed by atoms with Gasteiger partial charge in [-0.1, -0.05) is 54.6 Å². The fourth-order valence-corrected chi connectivity index (χ4v) is 8.09. The smallest absolute Gasteiger partial charge is 0.270 e. The predicted molar refractivity (Wildman–Crippen MR) is 195 cm³/mol. The second-order valence-electron chi connectivity index (χ2n) is 12.8. The number of hydrogen-bond acceptors (Lipinski definition) is 5. The molecule has 9 aromatic rings. The second kappa shape index (κ2) is 9.42. The lowest BCUT2D eigenvalue weighted by Crippen LogP contribution is -2.59. The number of aromatic nitrogens is 2. The van der Waals surface area contributed by atoms with Crippen LogP contribution in [0.3, 0.4) is 0 Å². The number of rotatable bonds is 2. The molecule has 0 radical (unpaired) electrons. The zero-order chi connectivity index (χ0) is 32.5. The van der Waals surface area contributed by atoms with Crippen molar-refractivity contribution in [2.45, 2.75) is 0 Å². The highest BCUT2D eigenvalue weighted by Gasteiger charge is 2.46. The lowest BCUT2D eigenvalue weighted by atomic mass is 9.34. The van der Waals surface area contributed by atoms with E-state index < -0.39 is 0 Å². The van der Waals surface area contributed by atoms with E-state index in [1.807, 2.05) is 91.0 Å². The van der Waals surface area contributed by atoms with Gasteiger partial charge in [0, 0.05) is 34.2 Å². The Morgan fingerprint density at radius 3 is 1.34 bits per heavy atom. The summed E-state index contributed by atoms with van der Waals surface area (Å²) < 4.78 is 37.7. The van der Waals surface area contributed by atoms with Crippen LogP contribution in [0.25, 0.3) is 55.8 Å². The molecule has 0 aliphatic carbocycles. The maximum atomic E-state index is 6.77. The average Bonchev–Trinajstić information content (AvgIpc) is 3.16. The van der Waals surface area contributed by atoms with E-state index in [1.54, 1.807) is 0 Å². The molecule has 12 rings (SSSR count). The second-order valence-corrected chi connectivity index (χ2v) is 12.8. The fraction of sp³-hybridized carbons (Fsp3) is 0. The minimum Gasteiger partial charge on any atom is -0.458 e. The molecule has 3 aliphatic rings. The third-order valence-electron chi connectivity index (χ3n) is 10.1. The topological polar surface area (TPSA) is 63.8 Å². The molecule has 0 spiro atoms. The molecule has 0 fully saturated rings. The van der Waals surface area contributed by atoms with Crippen molar-refractivity contribution in [3.05, 3.63) is 140 Å². The monoisotopic (exact) mass is 646 g/mol. The summed E-state index contributed by atoms with van der Waals surface area (Å²) in [6.07, 6.45) is 0. The van der Waals surface area contributed by atoms with E-state index in [-0.39, 0.29) is 6.71 Å². The summed E-state index contributed by atoms with van der Waals surface area (Å²) in [5.41, 5.74) is 11.3. The van der Waals surface area contributed by atoms with Gasteiger partial charge in [0.15, 0.2) is 22.3 Å². The summed E-state index contributed by atoms with van der Waals surface area (Å²) in [6, 6.07) is 46.9. The van der Waals surface area contributed by atoms with Crippen LogP contribution >= 0.6 is 0 Å². The Hall–Kier alpha value is -6.80. The van der Waals surface area contributed by atoms with Crippen molar-refractivity contribution in [2.75, 3.05) is 0 Å². The molecule has 0 saturated carbocycles. The van der Waals surface area contributed by atoms with Gasteiger partial charge in [0.2, 0.25) is 0 Å². The van der Waals surface area contributed by atoms with E-state index >= 15 is 0 Å². The fourth-order valence-electron chi connectivity index (χ4n) is 8.09. The van der Waals surface area contributed by atoms with E-state index in [1.165, 1.54) is 0 Å². The summed E-state index contributed by atoms with van der Waals surface area (Å²) in [5, 5.41) is 0. The largest absolute Gasteiger partial charge is 0.458 e. The highest BCUT2D eigenvalue weighted by Crippen LogP contribution is 2.43. The lowest BCUT2D eigenvalue weighted by Gasteiger charge is -2.37. The van der Waals surface area contributed by atoms with Crippen molar-refractivity contribution in [1.29, 1.82) is 0 Å². The summed E-state index contributed by atoms with van der Waals surface area (Å²) >= 11 is 0.